The van der Waals surface area contributed by atoms with Crippen LogP contribution in [0.4, 0.5) is 14.5 Å². The number of piperidine rings is 1. The number of carbonyl (C=O) groups is 2. The van der Waals surface area contributed by atoms with Crippen molar-refractivity contribution >= 4 is 23.3 Å². The number of nitrogens with one attached hydrogen (secondary N) is 1. The summed E-state index contributed by atoms with van der Waals surface area (Å²) < 4.78 is 27.8. The molecule has 0 aromatic heterocycles. The average molecular weight is 586 g/mol. The van der Waals surface area contributed by atoms with Crippen LogP contribution in [-0.4, -0.2) is 65.8 Å². The molecule has 0 atom stereocenters. The number of anilines is 1. The summed E-state index contributed by atoms with van der Waals surface area (Å²) in [7, 11) is 0. The Labute approximate surface area is 251 Å². The van der Waals surface area contributed by atoms with Crippen molar-refractivity contribution in [3.8, 4) is 0 Å². The Balaban J connectivity index is 1.17. The van der Waals surface area contributed by atoms with Crippen molar-refractivity contribution in [3.63, 3.8) is 0 Å². The Morgan fingerprint density at radius 3 is 1.98 bits per heavy atom. The van der Waals surface area contributed by atoms with Crippen molar-refractivity contribution in [3.05, 3.63) is 102 Å². The van der Waals surface area contributed by atoms with E-state index in [-0.39, 0.29) is 17.7 Å². The number of para-hydroxylation sites is 1. The maximum Gasteiger partial charge on any atom is 0.265 e. The molecule has 2 fully saturated rings. The molecular formula is C34H37F2N5O2. The van der Waals surface area contributed by atoms with Gasteiger partial charge in [0.25, 0.3) is 5.91 Å². The lowest BCUT2D eigenvalue weighted by Crippen LogP contribution is -2.56. The van der Waals surface area contributed by atoms with Crippen LogP contribution in [-0.2, 0) is 15.1 Å². The molecule has 0 unspecified atom stereocenters. The van der Waals surface area contributed by atoms with E-state index in [9.17, 15) is 18.4 Å². The molecule has 1 N–H and O–H groups in total. The number of halogens is 2. The molecule has 9 heteroatoms. The molecule has 3 aliphatic rings. The Kier molecular flexibility index (Phi) is 7.77. The van der Waals surface area contributed by atoms with Gasteiger partial charge in [-0.2, -0.15) is 0 Å². The fourth-order valence-corrected chi connectivity index (χ4v) is 6.79. The lowest BCUT2D eigenvalue weighted by Gasteiger charge is -2.43. The van der Waals surface area contributed by atoms with Gasteiger partial charge in [0, 0.05) is 31.2 Å². The van der Waals surface area contributed by atoms with E-state index in [0.29, 0.717) is 30.2 Å². The van der Waals surface area contributed by atoms with Gasteiger partial charge < -0.3 is 15.1 Å². The first-order valence-corrected chi connectivity index (χ1v) is 15.0. The molecule has 0 radical (unpaired) electrons. The van der Waals surface area contributed by atoms with Gasteiger partial charge in [0.2, 0.25) is 5.91 Å². The molecule has 0 bridgehead atoms. The van der Waals surface area contributed by atoms with E-state index in [1.807, 2.05) is 44.2 Å². The third-order valence-electron chi connectivity index (χ3n) is 9.10. The van der Waals surface area contributed by atoms with Gasteiger partial charge in [-0.15, -0.1) is 0 Å². The highest BCUT2D eigenvalue weighted by Gasteiger charge is 2.52. The SMILES string of the molecule is CC(C)C1=NC(c2ccc(F)cc2)(c2ccc(F)cc2)C(=O)N1CCCN1CCC2(CC1)C(=O)NCN2c1ccccc1. The molecule has 7 nitrogen and oxygen atoms in total. The monoisotopic (exact) mass is 585 g/mol. The van der Waals surface area contributed by atoms with Crippen molar-refractivity contribution in [1.82, 2.24) is 15.1 Å². The second kappa shape index (κ2) is 11.5. The molecule has 2 amide bonds. The average Bonchev–Trinajstić information content (AvgIpc) is 3.49. The maximum absolute atomic E-state index is 14.3. The van der Waals surface area contributed by atoms with Gasteiger partial charge >= 0.3 is 0 Å². The molecule has 3 heterocycles. The van der Waals surface area contributed by atoms with E-state index < -0.39 is 22.7 Å². The normalized spacial score (nSPS) is 19.8. The zero-order valence-electron chi connectivity index (χ0n) is 24.6. The molecule has 0 aliphatic carbocycles. The molecule has 3 aromatic carbocycles. The fraction of sp³-hybridized carbons (Fsp3) is 0.382. The summed E-state index contributed by atoms with van der Waals surface area (Å²) in [6, 6.07) is 21.7. The third kappa shape index (κ3) is 5.09. The van der Waals surface area contributed by atoms with Crippen LogP contribution >= 0.6 is 0 Å². The zero-order chi connectivity index (χ0) is 30.2. The van der Waals surface area contributed by atoms with Gasteiger partial charge in [0.05, 0.1) is 6.67 Å². The van der Waals surface area contributed by atoms with Crippen molar-refractivity contribution in [1.29, 1.82) is 0 Å². The van der Waals surface area contributed by atoms with Gasteiger partial charge in [-0.25, -0.2) is 13.8 Å². The molecule has 1 spiro atoms. The molecule has 43 heavy (non-hydrogen) atoms. The van der Waals surface area contributed by atoms with Crippen LogP contribution in [0.15, 0.2) is 83.9 Å². The number of hydrogen-bond donors (Lipinski definition) is 1. The summed E-state index contributed by atoms with van der Waals surface area (Å²) in [5, 5.41) is 3.05. The number of amides is 2. The largest absolute Gasteiger partial charge is 0.339 e. The Hall–Kier alpha value is -4.11. The van der Waals surface area contributed by atoms with Gasteiger partial charge in [0.1, 0.15) is 23.0 Å². The lowest BCUT2D eigenvalue weighted by atomic mass is 9.82. The summed E-state index contributed by atoms with van der Waals surface area (Å²) in [5.74, 6) is -0.302. The van der Waals surface area contributed by atoms with E-state index in [0.717, 1.165) is 44.6 Å². The van der Waals surface area contributed by atoms with Gasteiger partial charge in [0.15, 0.2) is 5.54 Å². The van der Waals surface area contributed by atoms with Crippen molar-refractivity contribution < 1.29 is 18.4 Å². The number of carbonyl (C=O) groups excluding carboxylic acids is 2. The van der Waals surface area contributed by atoms with Gasteiger partial charge in [-0.3, -0.25) is 14.5 Å². The minimum Gasteiger partial charge on any atom is -0.339 e. The summed E-state index contributed by atoms with van der Waals surface area (Å²) in [4.78, 5) is 38.7. The summed E-state index contributed by atoms with van der Waals surface area (Å²) in [5.41, 5.74) is 0.197. The van der Waals surface area contributed by atoms with Crippen LogP contribution in [0.3, 0.4) is 0 Å². The third-order valence-corrected chi connectivity index (χ3v) is 9.10. The molecule has 6 rings (SSSR count). The second-order valence-corrected chi connectivity index (χ2v) is 12.0. The van der Waals surface area contributed by atoms with E-state index in [2.05, 4.69) is 15.1 Å². The van der Waals surface area contributed by atoms with Crippen LogP contribution in [0.1, 0.15) is 44.2 Å². The molecular weight excluding hydrogens is 548 g/mol. The van der Waals surface area contributed by atoms with Crippen molar-refractivity contribution in [2.75, 3.05) is 37.7 Å². The van der Waals surface area contributed by atoms with Crippen LogP contribution in [0, 0.1) is 17.6 Å². The summed E-state index contributed by atoms with van der Waals surface area (Å²) in [6.07, 6.45) is 2.18. The zero-order valence-corrected chi connectivity index (χ0v) is 24.6. The Morgan fingerprint density at radius 2 is 1.42 bits per heavy atom. The number of hydrogen-bond acceptors (Lipinski definition) is 5. The number of amidine groups is 1. The number of likely N-dealkylation sites (tertiary alicyclic amines) is 1. The number of benzene rings is 3. The molecule has 2 saturated heterocycles. The van der Waals surface area contributed by atoms with Crippen LogP contribution in [0.5, 0.6) is 0 Å². The highest BCUT2D eigenvalue weighted by atomic mass is 19.1. The first-order valence-electron chi connectivity index (χ1n) is 15.0. The first kappa shape index (κ1) is 29.0. The summed E-state index contributed by atoms with van der Waals surface area (Å²) in [6.45, 7) is 7.33. The topological polar surface area (TPSA) is 68.2 Å². The highest BCUT2D eigenvalue weighted by molar-refractivity contribution is 6.11. The van der Waals surface area contributed by atoms with Crippen molar-refractivity contribution in [2.24, 2.45) is 10.9 Å². The molecule has 3 aliphatic heterocycles. The molecule has 224 valence electrons. The minimum absolute atomic E-state index is 0.0357. The minimum atomic E-state index is -1.41. The van der Waals surface area contributed by atoms with Crippen LogP contribution < -0.4 is 10.2 Å². The number of rotatable bonds is 8. The van der Waals surface area contributed by atoms with E-state index in [1.165, 1.54) is 24.3 Å². The van der Waals surface area contributed by atoms with Gasteiger partial charge in [-0.05, 0) is 73.3 Å². The van der Waals surface area contributed by atoms with Crippen LogP contribution in [0.25, 0.3) is 0 Å². The quantitative estimate of drug-likeness (QED) is 0.408. The highest BCUT2D eigenvalue weighted by Crippen LogP contribution is 2.42. The standard InChI is InChI=1S/C34H37F2N5O2/c1-24(2)30-38-34(25-9-13-27(35)14-10-25,26-11-15-28(36)16-12-26)32(43)40(30)20-6-19-39-21-17-33(18-22-39)31(42)37-23-41(33)29-7-4-3-5-8-29/h3-5,7-16,24H,6,17-23H2,1-2H3,(H,37,42). The number of aliphatic imine (C=N–C) groups is 1. The predicted octanol–water partition coefficient (Wildman–Crippen LogP) is 4.92. The van der Waals surface area contributed by atoms with Crippen LogP contribution in [0.2, 0.25) is 0 Å². The first-order chi connectivity index (χ1) is 20.7. The van der Waals surface area contributed by atoms with E-state index >= 15 is 0 Å². The molecule has 0 saturated carbocycles. The lowest BCUT2D eigenvalue weighted by molar-refractivity contribution is -0.130. The van der Waals surface area contributed by atoms with E-state index in [4.69, 9.17) is 4.99 Å². The molecule has 3 aromatic rings. The summed E-state index contributed by atoms with van der Waals surface area (Å²) >= 11 is 0. The Bertz CT molecular complexity index is 1450. The predicted molar refractivity (Wildman–Crippen MR) is 163 cm³/mol. The Morgan fingerprint density at radius 1 is 0.837 bits per heavy atom. The van der Waals surface area contributed by atoms with E-state index in [1.54, 1.807) is 29.2 Å². The fourth-order valence-electron chi connectivity index (χ4n) is 6.79. The second-order valence-electron chi connectivity index (χ2n) is 12.0. The number of nitrogens with zero attached hydrogens (tertiary/aromatic N) is 4. The van der Waals surface area contributed by atoms with Crippen molar-refractivity contribution in [2.45, 2.75) is 44.2 Å². The maximum atomic E-state index is 14.3. The van der Waals surface area contributed by atoms with Gasteiger partial charge in [-0.1, -0.05) is 56.3 Å². The smallest absolute Gasteiger partial charge is 0.265 e.